The van der Waals surface area contributed by atoms with Gasteiger partial charge in [-0.15, -0.1) is 25.6 Å². The number of ether oxygens (including phenoxy) is 1. The van der Waals surface area contributed by atoms with Gasteiger partial charge in [0.05, 0.1) is 0 Å². The predicted molar refractivity (Wildman–Crippen MR) is 80.9 cm³/mol. The van der Waals surface area contributed by atoms with Gasteiger partial charge in [0.15, 0.2) is 0 Å². The molecule has 5 nitrogen and oxygen atoms in total. The van der Waals surface area contributed by atoms with Crippen molar-refractivity contribution in [2.24, 2.45) is 11.1 Å². The summed E-state index contributed by atoms with van der Waals surface area (Å²) in [7, 11) is -4.07. The van der Waals surface area contributed by atoms with Gasteiger partial charge in [0.25, 0.3) is 0 Å². The van der Waals surface area contributed by atoms with Crippen molar-refractivity contribution < 1.29 is 26.3 Å². The highest BCUT2D eigenvalue weighted by atomic mass is 35.5. The molecule has 2 rings (SSSR count). The Morgan fingerprint density at radius 3 is 2.48 bits per heavy atom. The molecular weight excluding hydrogens is 357 g/mol. The first-order valence-electron chi connectivity index (χ1n) is 6.62. The number of sulfonamides is 1. The van der Waals surface area contributed by atoms with Crippen LogP contribution in [0.3, 0.4) is 0 Å². The molecule has 1 heterocycles. The van der Waals surface area contributed by atoms with Gasteiger partial charge in [0.2, 0.25) is 10.0 Å². The Morgan fingerprint density at radius 1 is 1.35 bits per heavy atom. The average Bonchev–Trinajstić information content (AvgIpc) is 2.82. The fraction of sp³-hybridized carbons (Fsp3) is 0.538. The molecule has 0 aliphatic carbocycles. The topological polar surface area (TPSA) is 72.6 Å². The van der Waals surface area contributed by atoms with Crippen molar-refractivity contribution in [3.8, 4) is 5.75 Å². The van der Waals surface area contributed by atoms with Crippen molar-refractivity contribution in [2.75, 3.05) is 19.6 Å². The number of hydrogen-bond donors (Lipinski definition) is 1. The largest absolute Gasteiger partial charge is 0.573 e. The molecule has 0 aromatic heterocycles. The smallest absolute Gasteiger partial charge is 0.404 e. The van der Waals surface area contributed by atoms with E-state index in [1.807, 2.05) is 6.92 Å². The first-order chi connectivity index (χ1) is 10.1. The molecule has 1 aliphatic heterocycles. The van der Waals surface area contributed by atoms with Gasteiger partial charge in [0.1, 0.15) is 10.6 Å². The zero-order chi connectivity index (χ0) is 16.6. The van der Waals surface area contributed by atoms with Gasteiger partial charge in [0, 0.05) is 13.1 Å². The molecule has 1 unspecified atom stereocenters. The van der Waals surface area contributed by atoms with Crippen molar-refractivity contribution in [2.45, 2.75) is 24.6 Å². The van der Waals surface area contributed by atoms with Crippen LogP contribution in [-0.2, 0) is 10.0 Å². The van der Waals surface area contributed by atoms with Gasteiger partial charge in [-0.2, -0.15) is 4.31 Å². The second kappa shape index (κ2) is 6.84. The normalized spacial score (nSPS) is 22.7. The molecule has 1 aromatic carbocycles. The first-order valence-corrected chi connectivity index (χ1v) is 8.06. The Kier molecular flexibility index (Phi) is 5.95. The minimum Gasteiger partial charge on any atom is -0.404 e. The van der Waals surface area contributed by atoms with Gasteiger partial charge in [-0.05, 0) is 30.5 Å². The molecule has 0 bridgehead atoms. The number of alkyl halides is 3. The minimum absolute atomic E-state index is 0. The number of hydrogen-bond acceptors (Lipinski definition) is 4. The van der Waals surface area contributed by atoms with Crippen LogP contribution in [0.25, 0.3) is 0 Å². The Hall–Kier alpha value is -1.03. The van der Waals surface area contributed by atoms with E-state index in [4.69, 9.17) is 5.73 Å². The van der Waals surface area contributed by atoms with E-state index >= 15 is 0 Å². The zero-order valence-corrected chi connectivity index (χ0v) is 14.0. The SMILES string of the molecule is CC1(CN)CCN(S(=O)(=O)c2ccccc2OC(F)(F)F)C1.Cl. The Bertz CT molecular complexity index is 654. The molecule has 23 heavy (non-hydrogen) atoms. The minimum atomic E-state index is -4.96. The summed E-state index contributed by atoms with van der Waals surface area (Å²) in [5.74, 6) is -0.726. The summed E-state index contributed by atoms with van der Waals surface area (Å²) in [4.78, 5) is -0.492. The van der Waals surface area contributed by atoms with Crippen LogP contribution in [0.2, 0.25) is 0 Å². The first kappa shape index (κ1) is 20.0. The summed E-state index contributed by atoms with van der Waals surface area (Å²) in [6.45, 7) is 2.54. The van der Waals surface area contributed by atoms with E-state index in [-0.39, 0.29) is 30.9 Å². The molecule has 132 valence electrons. The summed E-state index contributed by atoms with van der Waals surface area (Å²) in [6, 6.07) is 4.73. The van der Waals surface area contributed by atoms with Gasteiger partial charge < -0.3 is 10.5 Å². The van der Waals surface area contributed by atoms with Gasteiger partial charge in [-0.3, -0.25) is 0 Å². The predicted octanol–water partition coefficient (Wildman–Crippen LogP) is 2.37. The zero-order valence-electron chi connectivity index (χ0n) is 12.3. The maximum Gasteiger partial charge on any atom is 0.573 e. The van der Waals surface area contributed by atoms with Gasteiger partial charge >= 0.3 is 6.36 Å². The number of rotatable bonds is 4. The monoisotopic (exact) mass is 374 g/mol. The van der Waals surface area contributed by atoms with Crippen molar-refractivity contribution in [3.63, 3.8) is 0 Å². The van der Waals surface area contributed by atoms with Crippen LogP contribution in [-0.4, -0.2) is 38.7 Å². The van der Waals surface area contributed by atoms with Gasteiger partial charge in [-0.25, -0.2) is 8.42 Å². The standard InChI is InChI=1S/C13H17F3N2O3S.ClH/c1-12(8-17)6-7-18(9-12)22(19,20)11-5-3-2-4-10(11)21-13(14,15)16;/h2-5H,6-9,17H2,1H3;1H. The third-order valence-corrected chi connectivity index (χ3v) is 5.59. The number of nitrogens with two attached hydrogens (primary N) is 1. The number of benzene rings is 1. The van der Waals surface area contributed by atoms with E-state index in [1.54, 1.807) is 0 Å². The molecule has 1 aliphatic rings. The average molecular weight is 375 g/mol. The molecule has 2 N–H and O–H groups in total. The lowest BCUT2D eigenvalue weighted by Crippen LogP contribution is -2.35. The lowest BCUT2D eigenvalue weighted by molar-refractivity contribution is -0.275. The van der Waals surface area contributed by atoms with Crippen LogP contribution in [0.15, 0.2) is 29.2 Å². The van der Waals surface area contributed by atoms with Crippen molar-refractivity contribution in [1.29, 1.82) is 0 Å². The van der Waals surface area contributed by atoms with Crippen molar-refractivity contribution in [3.05, 3.63) is 24.3 Å². The highest BCUT2D eigenvalue weighted by Crippen LogP contribution is 2.36. The fourth-order valence-corrected chi connectivity index (χ4v) is 4.07. The number of para-hydroxylation sites is 1. The molecule has 0 saturated carbocycles. The molecule has 10 heteroatoms. The molecule has 1 atom stereocenters. The molecule has 0 radical (unpaired) electrons. The van der Waals surface area contributed by atoms with E-state index < -0.39 is 27.0 Å². The quantitative estimate of drug-likeness (QED) is 0.878. The molecule has 1 aromatic rings. The Morgan fingerprint density at radius 2 is 1.96 bits per heavy atom. The lowest BCUT2D eigenvalue weighted by Gasteiger charge is -2.23. The van der Waals surface area contributed by atoms with Crippen LogP contribution >= 0.6 is 12.4 Å². The van der Waals surface area contributed by atoms with E-state index in [1.165, 1.54) is 12.1 Å². The summed E-state index contributed by atoms with van der Waals surface area (Å²) >= 11 is 0. The summed E-state index contributed by atoms with van der Waals surface area (Å²) in [5.41, 5.74) is 5.26. The molecule has 0 amide bonds. The third kappa shape index (κ3) is 4.50. The molecule has 0 spiro atoms. The maximum atomic E-state index is 12.6. The maximum absolute atomic E-state index is 12.6. The van der Waals surface area contributed by atoms with Crippen LogP contribution in [0.4, 0.5) is 13.2 Å². The highest BCUT2D eigenvalue weighted by Gasteiger charge is 2.41. The number of halogens is 4. The van der Waals surface area contributed by atoms with Crippen LogP contribution in [0, 0.1) is 5.41 Å². The summed E-state index contributed by atoms with van der Waals surface area (Å²) < 4.78 is 67.4. The second-order valence-corrected chi connectivity index (χ2v) is 7.50. The molecule has 1 saturated heterocycles. The Labute approximate surface area is 139 Å². The molecular formula is C13H18ClF3N2O3S. The summed E-state index contributed by atoms with van der Waals surface area (Å²) in [5, 5.41) is 0. The second-order valence-electron chi connectivity index (χ2n) is 5.60. The van der Waals surface area contributed by atoms with Crippen LogP contribution in [0.5, 0.6) is 5.75 Å². The van der Waals surface area contributed by atoms with Crippen molar-refractivity contribution in [1.82, 2.24) is 4.31 Å². The summed E-state index contributed by atoms with van der Waals surface area (Å²) in [6.07, 6.45) is -4.40. The van der Waals surface area contributed by atoms with Crippen molar-refractivity contribution >= 4 is 22.4 Å². The van der Waals surface area contributed by atoms with E-state index in [0.29, 0.717) is 13.0 Å². The van der Waals surface area contributed by atoms with E-state index in [2.05, 4.69) is 4.74 Å². The third-order valence-electron chi connectivity index (χ3n) is 3.71. The van der Waals surface area contributed by atoms with Gasteiger partial charge in [-0.1, -0.05) is 19.1 Å². The lowest BCUT2D eigenvalue weighted by atomic mass is 9.90. The van der Waals surface area contributed by atoms with E-state index in [0.717, 1.165) is 16.4 Å². The van der Waals surface area contributed by atoms with Crippen LogP contribution in [0.1, 0.15) is 13.3 Å². The highest BCUT2D eigenvalue weighted by molar-refractivity contribution is 7.89. The Balaban J connectivity index is 0.00000264. The number of nitrogens with zero attached hydrogens (tertiary/aromatic N) is 1. The van der Waals surface area contributed by atoms with E-state index in [9.17, 15) is 21.6 Å². The molecule has 1 fully saturated rings. The fourth-order valence-electron chi connectivity index (χ4n) is 2.36. The van der Waals surface area contributed by atoms with Crippen LogP contribution < -0.4 is 10.5 Å².